The third kappa shape index (κ3) is 3.93. The van der Waals surface area contributed by atoms with Crippen LogP contribution in [-0.4, -0.2) is 17.8 Å². The summed E-state index contributed by atoms with van der Waals surface area (Å²) < 4.78 is 0. The summed E-state index contributed by atoms with van der Waals surface area (Å²) in [6.07, 6.45) is 0.207. The number of amides is 2. The number of nitrogens with one attached hydrogen (secondary N) is 2. The van der Waals surface area contributed by atoms with Crippen LogP contribution in [0.5, 0.6) is 0 Å². The molecule has 1 atom stereocenters. The standard InChI is InChI=1S/C17H13Cl2N3O2/c18-12-6-4-10(5-7-12)14-9-15(23)21-17(20-14)22-16(24)11-2-1-3-13(19)8-11/h1-8,14H,9H2,(H2,20,21,22,23,24). The zero-order valence-electron chi connectivity index (χ0n) is 12.4. The van der Waals surface area contributed by atoms with E-state index >= 15 is 0 Å². The Morgan fingerprint density at radius 3 is 2.58 bits per heavy atom. The lowest BCUT2D eigenvalue weighted by Gasteiger charge is -2.21. The maximum Gasteiger partial charge on any atom is 0.258 e. The molecular formula is C17H13Cl2N3O2. The molecule has 1 unspecified atom stereocenters. The molecule has 0 aromatic heterocycles. The van der Waals surface area contributed by atoms with Gasteiger partial charge in [0.25, 0.3) is 5.91 Å². The molecule has 2 amide bonds. The number of rotatable bonds is 2. The fourth-order valence-electron chi connectivity index (χ4n) is 2.34. The molecule has 0 spiro atoms. The van der Waals surface area contributed by atoms with Crippen LogP contribution in [0.4, 0.5) is 0 Å². The third-order valence-electron chi connectivity index (χ3n) is 3.50. The molecule has 3 rings (SSSR count). The van der Waals surface area contributed by atoms with Crippen LogP contribution < -0.4 is 10.6 Å². The molecule has 0 radical (unpaired) electrons. The van der Waals surface area contributed by atoms with Gasteiger partial charge in [0, 0.05) is 15.6 Å². The van der Waals surface area contributed by atoms with E-state index in [4.69, 9.17) is 23.2 Å². The summed E-state index contributed by atoms with van der Waals surface area (Å²) in [7, 11) is 0. The number of hydrogen-bond donors (Lipinski definition) is 2. The predicted octanol–water partition coefficient (Wildman–Crippen LogP) is 3.34. The summed E-state index contributed by atoms with van der Waals surface area (Å²) in [6, 6.07) is 13.3. The van der Waals surface area contributed by atoms with Crippen molar-refractivity contribution in [1.29, 1.82) is 0 Å². The quantitative estimate of drug-likeness (QED) is 0.860. The van der Waals surface area contributed by atoms with Crippen molar-refractivity contribution in [2.45, 2.75) is 12.5 Å². The first-order chi connectivity index (χ1) is 11.5. The van der Waals surface area contributed by atoms with Gasteiger partial charge in [-0.1, -0.05) is 41.4 Å². The van der Waals surface area contributed by atoms with E-state index in [9.17, 15) is 9.59 Å². The second-order valence-corrected chi connectivity index (χ2v) is 6.13. The van der Waals surface area contributed by atoms with E-state index < -0.39 is 5.91 Å². The van der Waals surface area contributed by atoms with E-state index in [-0.39, 0.29) is 24.3 Å². The minimum absolute atomic E-state index is 0.121. The second kappa shape index (κ2) is 7.03. The average Bonchev–Trinajstić information content (AvgIpc) is 2.55. The van der Waals surface area contributed by atoms with Gasteiger partial charge in [-0.05, 0) is 35.9 Å². The molecule has 1 aliphatic heterocycles. The second-order valence-electron chi connectivity index (χ2n) is 5.26. The molecule has 122 valence electrons. The molecule has 0 saturated heterocycles. The Labute approximate surface area is 148 Å². The molecule has 1 heterocycles. The first-order valence-corrected chi connectivity index (χ1v) is 7.97. The number of hydrogen-bond acceptors (Lipinski definition) is 3. The van der Waals surface area contributed by atoms with Gasteiger partial charge in [0.1, 0.15) is 0 Å². The number of carbonyl (C=O) groups excluding carboxylic acids is 2. The number of carbonyl (C=O) groups is 2. The van der Waals surface area contributed by atoms with Crippen molar-refractivity contribution in [3.63, 3.8) is 0 Å². The Balaban J connectivity index is 1.80. The van der Waals surface area contributed by atoms with Gasteiger partial charge in [0.15, 0.2) is 0 Å². The monoisotopic (exact) mass is 361 g/mol. The van der Waals surface area contributed by atoms with E-state index in [1.807, 2.05) is 12.1 Å². The van der Waals surface area contributed by atoms with E-state index in [1.54, 1.807) is 36.4 Å². The van der Waals surface area contributed by atoms with Crippen molar-refractivity contribution in [3.8, 4) is 0 Å². The Bertz CT molecular complexity index is 819. The summed E-state index contributed by atoms with van der Waals surface area (Å²) >= 11 is 11.8. The highest BCUT2D eigenvalue weighted by Gasteiger charge is 2.23. The minimum atomic E-state index is -0.395. The van der Waals surface area contributed by atoms with Crippen LogP contribution in [0.1, 0.15) is 28.4 Å². The van der Waals surface area contributed by atoms with Gasteiger partial charge in [-0.2, -0.15) is 0 Å². The van der Waals surface area contributed by atoms with Crippen molar-refractivity contribution in [3.05, 3.63) is 69.7 Å². The minimum Gasteiger partial charge on any atom is -0.296 e. The summed E-state index contributed by atoms with van der Waals surface area (Å²) in [6.45, 7) is 0. The summed E-state index contributed by atoms with van der Waals surface area (Å²) in [5.74, 6) is -0.490. The lowest BCUT2D eigenvalue weighted by Crippen LogP contribution is -2.47. The van der Waals surface area contributed by atoms with Gasteiger partial charge in [-0.3, -0.25) is 20.2 Å². The zero-order chi connectivity index (χ0) is 17.1. The maximum atomic E-state index is 12.2. The normalized spacial score (nSPS) is 17.0. The van der Waals surface area contributed by atoms with E-state index in [0.717, 1.165) is 5.56 Å². The topological polar surface area (TPSA) is 70.6 Å². The molecular weight excluding hydrogens is 349 g/mol. The van der Waals surface area contributed by atoms with Crippen LogP contribution in [0.25, 0.3) is 0 Å². The number of halogens is 2. The first kappa shape index (κ1) is 16.5. The van der Waals surface area contributed by atoms with Gasteiger partial charge in [0.05, 0.1) is 12.5 Å². The Morgan fingerprint density at radius 1 is 1.12 bits per heavy atom. The molecule has 2 aromatic carbocycles. The summed E-state index contributed by atoms with van der Waals surface area (Å²) in [5, 5.41) is 6.22. The highest BCUT2D eigenvalue weighted by Crippen LogP contribution is 2.24. The zero-order valence-corrected chi connectivity index (χ0v) is 13.9. The lowest BCUT2D eigenvalue weighted by molar-refractivity contribution is -0.120. The molecule has 0 fully saturated rings. The molecule has 2 N–H and O–H groups in total. The fourth-order valence-corrected chi connectivity index (χ4v) is 2.66. The molecule has 24 heavy (non-hydrogen) atoms. The first-order valence-electron chi connectivity index (χ1n) is 7.21. The van der Waals surface area contributed by atoms with Crippen LogP contribution in [0.3, 0.4) is 0 Å². The van der Waals surface area contributed by atoms with Gasteiger partial charge in [-0.25, -0.2) is 4.99 Å². The van der Waals surface area contributed by atoms with E-state index in [1.165, 1.54) is 0 Å². The molecule has 0 bridgehead atoms. The van der Waals surface area contributed by atoms with Crippen molar-refractivity contribution >= 4 is 41.0 Å². The predicted molar refractivity (Wildman–Crippen MR) is 93.3 cm³/mol. The van der Waals surface area contributed by atoms with Crippen LogP contribution in [-0.2, 0) is 4.79 Å². The summed E-state index contributed by atoms with van der Waals surface area (Å²) in [5.41, 5.74) is 1.23. The van der Waals surface area contributed by atoms with Crippen molar-refractivity contribution in [2.24, 2.45) is 4.99 Å². The van der Waals surface area contributed by atoms with E-state index in [0.29, 0.717) is 15.6 Å². The van der Waals surface area contributed by atoms with Gasteiger partial charge in [0.2, 0.25) is 11.9 Å². The number of aliphatic imine (C=N–C) groups is 1. The van der Waals surface area contributed by atoms with Crippen molar-refractivity contribution < 1.29 is 9.59 Å². The SMILES string of the molecule is O=C1CC(c2ccc(Cl)cc2)N=C(NC(=O)c2cccc(Cl)c2)N1. The number of benzene rings is 2. The van der Waals surface area contributed by atoms with Crippen LogP contribution in [0.2, 0.25) is 10.0 Å². The fraction of sp³-hybridized carbons (Fsp3) is 0.118. The lowest BCUT2D eigenvalue weighted by atomic mass is 10.0. The summed E-state index contributed by atoms with van der Waals surface area (Å²) in [4.78, 5) is 28.5. The number of nitrogens with zero attached hydrogens (tertiary/aromatic N) is 1. The smallest absolute Gasteiger partial charge is 0.258 e. The molecule has 5 nitrogen and oxygen atoms in total. The Morgan fingerprint density at radius 2 is 1.88 bits per heavy atom. The third-order valence-corrected chi connectivity index (χ3v) is 3.98. The van der Waals surface area contributed by atoms with Crippen LogP contribution >= 0.6 is 23.2 Å². The Hall–Kier alpha value is -2.37. The molecule has 0 saturated carbocycles. The average molecular weight is 362 g/mol. The largest absolute Gasteiger partial charge is 0.296 e. The highest BCUT2D eigenvalue weighted by molar-refractivity contribution is 6.31. The van der Waals surface area contributed by atoms with Gasteiger partial charge in [-0.15, -0.1) is 0 Å². The maximum absolute atomic E-state index is 12.2. The molecule has 1 aliphatic rings. The Kier molecular flexibility index (Phi) is 4.83. The molecule has 2 aromatic rings. The highest BCUT2D eigenvalue weighted by atomic mass is 35.5. The van der Waals surface area contributed by atoms with Crippen molar-refractivity contribution in [1.82, 2.24) is 10.6 Å². The van der Waals surface area contributed by atoms with Crippen LogP contribution in [0.15, 0.2) is 53.5 Å². The van der Waals surface area contributed by atoms with Crippen molar-refractivity contribution in [2.75, 3.05) is 0 Å². The van der Waals surface area contributed by atoms with E-state index in [2.05, 4.69) is 15.6 Å². The molecule has 7 heteroatoms. The van der Waals surface area contributed by atoms with Gasteiger partial charge < -0.3 is 0 Å². The van der Waals surface area contributed by atoms with Gasteiger partial charge >= 0.3 is 0 Å². The van der Waals surface area contributed by atoms with Crippen LogP contribution in [0, 0.1) is 0 Å². The molecule has 0 aliphatic carbocycles. The number of guanidine groups is 1.